The van der Waals surface area contributed by atoms with Crippen molar-refractivity contribution < 1.29 is 18.0 Å². The van der Waals surface area contributed by atoms with E-state index in [9.17, 15) is 23.3 Å². The number of benzene rings is 1. The number of carbonyl (C=O) groups excluding carboxylic acids is 2. The highest BCUT2D eigenvalue weighted by atomic mass is 32.2. The topological polar surface area (TPSA) is 107 Å². The molecular weight excluding hydrogens is 342 g/mol. The molecule has 2 aliphatic heterocycles. The Hall–Kier alpha value is -2.66. The van der Waals surface area contributed by atoms with Crippen LogP contribution < -0.4 is 5.32 Å². The third kappa shape index (κ3) is 3.15. The van der Waals surface area contributed by atoms with Crippen LogP contribution in [0.2, 0.25) is 0 Å². The van der Waals surface area contributed by atoms with Gasteiger partial charge in [-0.3, -0.25) is 9.59 Å². The SMILES string of the molecule is C=CC(=O)Nc1cccc(C(=O)N2C[C@@H]3CS(=O)(=O)C[C@]3(C#N)C2)c1. The van der Waals surface area contributed by atoms with Crippen LogP contribution in [-0.4, -0.2) is 49.7 Å². The lowest BCUT2D eigenvalue weighted by Crippen LogP contribution is -2.34. The van der Waals surface area contributed by atoms with Crippen LogP contribution >= 0.6 is 0 Å². The van der Waals surface area contributed by atoms with Gasteiger partial charge in [0.1, 0.15) is 0 Å². The quantitative estimate of drug-likeness (QED) is 0.804. The molecule has 0 aliphatic carbocycles. The molecule has 2 fully saturated rings. The van der Waals surface area contributed by atoms with Gasteiger partial charge in [0.05, 0.1) is 23.0 Å². The van der Waals surface area contributed by atoms with E-state index in [0.717, 1.165) is 6.08 Å². The van der Waals surface area contributed by atoms with Gasteiger partial charge in [0, 0.05) is 30.3 Å². The Labute approximate surface area is 145 Å². The fourth-order valence-electron chi connectivity index (χ4n) is 3.53. The van der Waals surface area contributed by atoms with E-state index in [1.165, 1.54) is 4.90 Å². The number of rotatable bonds is 3. The van der Waals surface area contributed by atoms with E-state index in [1.54, 1.807) is 24.3 Å². The Kier molecular flexibility index (Phi) is 4.13. The van der Waals surface area contributed by atoms with Gasteiger partial charge in [0.25, 0.3) is 5.91 Å². The molecule has 130 valence electrons. The number of amides is 2. The van der Waals surface area contributed by atoms with Crippen LogP contribution in [-0.2, 0) is 14.6 Å². The minimum absolute atomic E-state index is 0.0558. The van der Waals surface area contributed by atoms with Crippen molar-refractivity contribution in [2.75, 3.05) is 29.9 Å². The van der Waals surface area contributed by atoms with Crippen LogP contribution in [0.15, 0.2) is 36.9 Å². The third-order valence-corrected chi connectivity index (χ3v) is 6.57. The second-order valence-corrected chi connectivity index (χ2v) is 8.59. The molecule has 8 heteroatoms. The normalized spacial score (nSPS) is 26.5. The van der Waals surface area contributed by atoms with E-state index in [4.69, 9.17) is 0 Å². The summed E-state index contributed by atoms with van der Waals surface area (Å²) in [5, 5.41) is 12.1. The van der Waals surface area contributed by atoms with Crippen molar-refractivity contribution in [2.24, 2.45) is 11.3 Å². The van der Waals surface area contributed by atoms with Crippen LogP contribution in [0, 0.1) is 22.7 Å². The maximum absolute atomic E-state index is 12.7. The molecule has 1 N–H and O–H groups in total. The zero-order valence-corrected chi connectivity index (χ0v) is 14.3. The van der Waals surface area contributed by atoms with Gasteiger partial charge in [0.2, 0.25) is 5.91 Å². The Bertz CT molecular complexity index is 903. The average Bonchev–Trinajstić information content (AvgIpc) is 3.03. The number of nitrogens with one attached hydrogen (secondary N) is 1. The number of likely N-dealkylation sites (tertiary alicyclic amines) is 1. The highest BCUT2D eigenvalue weighted by Gasteiger charge is 2.57. The summed E-state index contributed by atoms with van der Waals surface area (Å²) in [6.45, 7) is 3.72. The lowest BCUT2D eigenvalue weighted by atomic mass is 9.83. The summed E-state index contributed by atoms with van der Waals surface area (Å²) in [7, 11) is -3.23. The van der Waals surface area contributed by atoms with E-state index in [1.807, 2.05) is 0 Å². The van der Waals surface area contributed by atoms with Crippen molar-refractivity contribution in [3.8, 4) is 6.07 Å². The molecule has 2 amide bonds. The first-order chi connectivity index (χ1) is 11.8. The van der Waals surface area contributed by atoms with Crippen molar-refractivity contribution in [1.29, 1.82) is 5.26 Å². The van der Waals surface area contributed by atoms with Crippen LogP contribution in [0.4, 0.5) is 5.69 Å². The zero-order valence-electron chi connectivity index (χ0n) is 13.4. The van der Waals surface area contributed by atoms with Crippen LogP contribution in [0.1, 0.15) is 10.4 Å². The fraction of sp³-hybridized carbons (Fsp3) is 0.353. The lowest BCUT2D eigenvalue weighted by Gasteiger charge is -2.20. The maximum atomic E-state index is 12.7. The van der Waals surface area contributed by atoms with Gasteiger partial charge >= 0.3 is 0 Å². The predicted molar refractivity (Wildman–Crippen MR) is 91.4 cm³/mol. The molecule has 2 aliphatic rings. The number of nitriles is 1. The molecular formula is C17H17N3O4S. The smallest absolute Gasteiger partial charge is 0.253 e. The predicted octanol–water partition coefficient (Wildman–Crippen LogP) is 0.821. The maximum Gasteiger partial charge on any atom is 0.253 e. The first-order valence-electron chi connectivity index (χ1n) is 7.73. The van der Waals surface area contributed by atoms with Gasteiger partial charge in [-0.15, -0.1) is 0 Å². The Morgan fingerprint density at radius 3 is 2.84 bits per heavy atom. The summed E-state index contributed by atoms with van der Waals surface area (Å²) in [6, 6.07) is 8.60. The molecule has 7 nitrogen and oxygen atoms in total. The second kappa shape index (κ2) is 6.01. The Balaban J connectivity index is 1.80. The highest BCUT2D eigenvalue weighted by molar-refractivity contribution is 7.91. The van der Waals surface area contributed by atoms with Crippen LogP contribution in [0.3, 0.4) is 0 Å². The molecule has 2 saturated heterocycles. The van der Waals surface area contributed by atoms with E-state index in [2.05, 4.69) is 18.0 Å². The molecule has 0 unspecified atom stereocenters. The molecule has 0 spiro atoms. The Morgan fingerprint density at radius 1 is 1.44 bits per heavy atom. The molecule has 0 bridgehead atoms. The summed E-state index contributed by atoms with van der Waals surface area (Å²) < 4.78 is 23.7. The lowest BCUT2D eigenvalue weighted by molar-refractivity contribution is -0.111. The molecule has 0 aromatic heterocycles. The minimum atomic E-state index is -3.23. The second-order valence-electron chi connectivity index (χ2n) is 6.48. The van der Waals surface area contributed by atoms with Crippen molar-refractivity contribution in [1.82, 2.24) is 4.90 Å². The number of hydrogen-bond acceptors (Lipinski definition) is 5. The molecule has 3 rings (SSSR count). The average molecular weight is 359 g/mol. The summed E-state index contributed by atoms with van der Waals surface area (Å²) >= 11 is 0. The zero-order chi connectivity index (χ0) is 18.2. The number of carbonyl (C=O) groups is 2. The summed E-state index contributed by atoms with van der Waals surface area (Å²) in [5.41, 5.74) is -0.172. The van der Waals surface area contributed by atoms with Crippen LogP contribution in [0.5, 0.6) is 0 Å². The molecule has 2 heterocycles. The van der Waals surface area contributed by atoms with Gasteiger partial charge in [-0.05, 0) is 24.3 Å². The van der Waals surface area contributed by atoms with Gasteiger partial charge in [-0.2, -0.15) is 5.26 Å². The molecule has 0 radical (unpaired) electrons. The number of anilines is 1. The number of sulfone groups is 1. The number of nitrogens with zero attached hydrogens (tertiary/aromatic N) is 2. The fourth-order valence-corrected chi connectivity index (χ4v) is 5.86. The van der Waals surface area contributed by atoms with Crippen molar-refractivity contribution in [3.05, 3.63) is 42.5 Å². The van der Waals surface area contributed by atoms with E-state index in [-0.39, 0.29) is 42.3 Å². The standard InChI is InChI=1S/C17H17N3O4S/c1-2-15(21)19-14-5-3-4-12(6-14)16(22)20-7-13-8-25(23,24)11-17(13,9-18)10-20/h2-6,13H,1,7-8,10-11H2,(H,19,21)/t13-,17+/m1/s1. The van der Waals surface area contributed by atoms with Gasteiger partial charge < -0.3 is 10.2 Å². The van der Waals surface area contributed by atoms with Gasteiger partial charge in [-0.25, -0.2) is 8.42 Å². The first-order valence-corrected chi connectivity index (χ1v) is 9.55. The van der Waals surface area contributed by atoms with Crippen LogP contribution in [0.25, 0.3) is 0 Å². The summed E-state index contributed by atoms with van der Waals surface area (Å²) in [6.07, 6.45) is 1.13. The van der Waals surface area contributed by atoms with Crippen molar-refractivity contribution in [3.63, 3.8) is 0 Å². The molecule has 1 aromatic rings. The Morgan fingerprint density at radius 2 is 2.20 bits per heavy atom. The van der Waals surface area contributed by atoms with E-state index >= 15 is 0 Å². The monoisotopic (exact) mass is 359 g/mol. The number of fused-ring (bicyclic) bond motifs is 1. The van der Waals surface area contributed by atoms with Crippen molar-refractivity contribution in [2.45, 2.75) is 0 Å². The third-order valence-electron chi connectivity index (χ3n) is 4.70. The van der Waals surface area contributed by atoms with Gasteiger partial charge in [-0.1, -0.05) is 12.6 Å². The summed E-state index contributed by atoms with van der Waals surface area (Å²) in [4.78, 5) is 25.6. The first kappa shape index (κ1) is 17.2. The highest BCUT2D eigenvalue weighted by Crippen LogP contribution is 2.43. The number of hydrogen-bond donors (Lipinski definition) is 1. The molecule has 0 saturated carbocycles. The summed E-state index contributed by atoms with van der Waals surface area (Å²) in [5.74, 6) is -1.26. The molecule has 2 atom stereocenters. The van der Waals surface area contributed by atoms with Crippen molar-refractivity contribution >= 4 is 27.3 Å². The van der Waals surface area contributed by atoms with E-state index < -0.39 is 15.3 Å². The molecule has 25 heavy (non-hydrogen) atoms. The minimum Gasteiger partial charge on any atom is -0.337 e. The van der Waals surface area contributed by atoms with Gasteiger partial charge in [0.15, 0.2) is 9.84 Å². The molecule has 1 aromatic carbocycles. The largest absolute Gasteiger partial charge is 0.337 e. The van der Waals surface area contributed by atoms with E-state index in [0.29, 0.717) is 11.3 Å².